The van der Waals surface area contributed by atoms with Gasteiger partial charge in [0.25, 0.3) is 0 Å². The third-order valence-electron chi connectivity index (χ3n) is 2.33. The lowest BCUT2D eigenvalue weighted by atomic mass is 10.3. The molecule has 0 amide bonds. The topological polar surface area (TPSA) is 82.3 Å². The lowest BCUT2D eigenvalue weighted by Gasteiger charge is -2.11. The van der Waals surface area contributed by atoms with Crippen molar-refractivity contribution >= 4 is 5.95 Å². The minimum absolute atomic E-state index is 0.297. The van der Waals surface area contributed by atoms with Gasteiger partial charge in [-0.1, -0.05) is 12.1 Å². The highest BCUT2D eigenvalue weighted by Crippen LogP contribution is 2.31. The van der Waals surface area contributed by atoms with Gasteiger partial charge in [-0.25, -0.2) is 10.8 Å². The monoisotopic (exact) mass is 246 g/mol. The summed E-state index contributed by atoms with van der Waals surface area (Å²) >= 11 is 0. The van der Waals surface area contributed by atoms with Crippen LogP contribution >= 0.6 is 0 Å². The first-order valence-electron chi connectivity index (χ1n) is 5.35. The maximum atomic E-state index is 5.70. The molecule has 3 N–H and O–H groups in total. The van der Waals surface area contributed by atoms with Crippen molar-refractivity contribution in [3.8, 4) is 17.4 Å². The molecule has 0 aliphatic rings. The minimum Gasteiger partial charge on any atom is -0.493 e. The molecule has 2 rings (SSSR count). The van der Waals surface area contributed by atoms with Crippen LogP contribution in [-0.2, 0) is 0 Å². The summed E-state index contributed by atoms with van der Waals surface area (Å²) in [6.45, 7) is 1.85. The average molecular weight is 246 g/mol. The largest absolute Gasteiger partial charge is 0.493 e. The number of hydrazine groups is 1. The standard InChI is InChI=1S/C12H14N4O2/c1-8-7-14-12(16-13)15-11(8)18-10-6-4-3-5-9(10)17-2/h3-7H,13H2,1-2H3,(H,14,15,16). The van der Waals surface area contributed by atoms with Crippen LogP contribution in [0.4, 0.5) is 5.95 Å². The SMILES string of the molecule is COc1ccccc1Oc1nc(NN)ncc1C. The number of benzene rings is 1. The number of hydrogen-bond acceptors (Lipinski definition) is 6. The minimum atomic E-state index is 0.297. The Morgan fingerprint density at radius 3 is 2.61 bits per heavy atom. The fourth-order valence-corrected chi connectivity index (χ4v) is 1.41. The summed E-state index contributed by atoms with van der Waals surface area (Å²) in [7, 11) is 1.59. The summed E-state index contributed by atoms with van der Waals surface area (Å²) in [6.07, 6.45) is 1.63. The van der Waals surface area contributed by atoms with Crippen LogP contribution in [0.1, 0.15) is 5.56 Å². The lowest BCUT2D eigenvalue weighted by molar-refractivity contribution is 0.373. The normalized spacial score (nSPS) is 9.94. The molecule has 0 saturated carbocycles. The zero-order chi connectivity index (χ0) is 13.0. The molecule has 0 atom stereocenters. The van der Waals surface area contributed by atoms with Crippen molar-refractivity contribution in [1.29, 1.82) is 0 Å². The summed E-state index contributed by atoms with van der Waals surface area (Å²) in [5, 5.41) is 0. The fraction of sp³-hybridized carbons (Fsp3) is 0.167. The summed E-state index contributed by atoms with van der Waals surface area (Å²) < 4.78 is 10.9. The number of aryl methyl sites for hydroxylation is 1. The second kappa shape index (κ2) is 5.33. The molecule has 2 aromatic rings. The third-order valence-corrected chi connectivity index (χ3v) is 2.33. The van der Waals surface area contributed by atoms with Gasteiger partial charge in [-0.05, 0) is 19.1 Å². The van der Waals surface area contributed by atoms with E-state index in [4.69, 9.17) is 15.3 Å². The van der Waals surface area contributed by atoms with Crippen molar-refractivity contribution in [2.24, 2.45) is 5.84 Å². The Bertz CT molecular complexity index is 545. The number of hydrogen-bond donors (Lipinski definition) is 2. The highest BCUT2D eigenvalue weighted by Gasteiger charge is 2.09. The summed E-state index contributed by atoms with van der Waals surface area (Å²) in [4.78, 5) is 8.12. The first-order chi connectivity index (χ1) is 8.74. The zero-order valence-corrected chi connectivity index (χ0v) is 10.2. The van der Waals surface area contributed by atoms with Crippen LogP contribution in [0, 0.1) is 6.92 Å². The van der Waals surface area contributed by atoms with Crippen LogP contribution < -0.4 is 20.7 Å². The van der Waals surface area contributed by atoms with Gasteiger partial charge < -0.3 is 9.47 Å². The molecule has 0 fully saturated rings. The molecule has 0 radical (unpaired) electrons. The van der Waals surface area contributed by atoms with E-state index in [2.05, 4.69) is 15.4 Å². The van der Waals surface area contributed by atoms with E-state index in [-0.39, 0.29) is 0 Å². The van der Waals surface area contributed by atoms with E-state index >= 15 is 0 Å². The molecule has 0 bridgehead atoms. The van der Waals surface area contributed by atoms with Crippen molar-refractivity contribution < 1.29 is 9.47 Å². The highest BCUT2D eigenvalue weighted by molar-refractivity contribution is 5.43. The van der Waals surface area contributed by atoms with Gasteiger partial charge in [0.15, 0.2) is 11.5 Å². The van der Waals surface area contributed by atoms with E-state index in [1.165, 1.54) is 0 Å². The molecule has 1 heterocycles. The van der Waals surface area contributed by atoms with Gasteiger partial charge in [0.2, 0.25) is 11.8 Å². The number of methoxy groups -OCH3 is 1. The number of para-hydroxylation sites is 2. The quantitative estimate of drug-likeness (QED) is 0.633. The van der Waals surface area contributed by atoms with Crippen LogP contribution in [-0.4, -0.2) is 17.1 Å². The van der Waals surface area contributed by atoms with E-state index in [0.717, 1.165) is 5.56 Å². The van der Waals surface area contributed by atoms with Crippen molar-refractivity contribution in [2.75, 3.05) is 12.5 Å². The molecule has 0 aliphatic heterocycles. The number of anilines is 1. The van der Waals surface area contributed by atoms with Gasteiger partial charge >= 0.3 is 0 Å². The van der Waals surface area contributed by atoms with Crippen molar-refractivity contribution in [1.82, 2.24) is 9.97 Å². The van der Waals surface area contributed by atoms with Crippen LogP contribution in [0.3, 0.4) is 0 Å². The van der Waals surface area contributed by atoms with E-state index in [9.17, 15) is 0 Å². The van der Waals surface area contributed by atoms with Gasteiger partial charge in [-0.3, -0.25) is 5.43 Å². The number of rotatable bonds is 4. The Morgan fingerprint density at radius 1 is 1.22 bits per heavy atom. The van der Waals surface area contributed by atoms with Gasteiger partial charge in [0, 0.05) is 11.8 Å². The molecule has 6 nitrogen and oxygen atoms in total. The summed E-state index contributed by atoms with van der Waals surface area (Å²) in [6, 6.07) is 7.34. The Morgan fingerprint density at radius 2 is 1.94 bits per heavy atom. The van der Waals surface area contributed by atoms with Gasteiger partial charge in [-0.15, -0.1) is 0 Å². The molecule has 0 spiro atoms. The predicted molar refractivity (Wildman–Crippen MR) is 67.6 cm³/mol. The maximum absolute atomic E-state index is 5.70. The van der Waals surface area contributed by atoms with E-state index in [1.54, 1.807) is 19.4 Å². The fourth-order valence-electron chi connectivity index (χ4n) is 1.41. The van der Waals surface area contributed by atoms with E-state index in [0.29, 0.717) is 23.3 Å². The highest BCUT2D eigenvalue weighted by atomic mass is 16.5. The number of ether oxygens (including phenoxy) is 2. The predicted octanol–water partition coefficient (Wildman–Crippen LogP) is 1.87. The molecule has 1 aromatic heterocycles. The smallest absolute Gasteiger partial charge is 0.240 e. The van der Waals surface area contributed by atoms with E-state index in [1.807, 2.05) is 25.1 Å². The Labute approximate surface area is 105 Å². The molecule has 18 heavy (non-hydrogen) atoms. The first kappa shape index (κ1) is 12.1. The van der Waals surface area contributed by atoms with Crippen molar-refractivity contribution in [3.05, 3.63) is 36.0 Å². The van der Waals surface area contributed by atoms with Crippen molar-refractivity contribution in [2.45, 2.75) is 6.92 Å². The lowest BCUT2D eigenvalue weighted by Crippen LogP contribution is -2.11. The Kier molecular flexibility index (Phi) is 3.59. The van der Waals surface area contributed by atoms with Crippen LogP contribution in [0.5, 0.6) is 17.4 Å². The second-order valence-corrected chi connectivity index (χ2v) is 3.58. The van der Waals surface area contributed by atoms with Crippen LogP contribution in [0.25, 0.3) is 0 Å². The molecule has 0 aliphatic carbocycles. The van der Waals surface area contributed by atoms with Gasteiger partial charge in [-0.2, -0.15) is 4.98 Å². The number of nitrogens with zero attached hydrogens (tertiary/aromatic N) is 2. The number of nitrogens with two attached hydrogens (primary N) is 1. The summed E-state index contributed by atoms with van der Waals surface area (Å²) in [5.41, 5.74) is 3.18. The maximum Gasteiger partial charge on any atom is 0.240 e. The zero-order valence-electron chi connectivity index (χ0n) is 10.2. The summed E-state index contributed by atoms with van der Waals surface area (Å²) in [5.74, 6) is 7.22. The number of nitrogen functional groups attached to an aromatic ring is 1. The molecule has 0 saturated heterocycles. The number of nitrogens with one attached hydrogen (secondary N) is 1. The molecular formula is C12H14N4O2. The van der Waals surface area contributed by atoms with Crippen LogP contribution in [0.15, 0.2) is 30.5 Å². The second-order valence-electron chi connectivity index (χ2n) is 3.58. The molecule has 6 heteroatoms. The van der Waals surface area contributed by atoms with Gasteiger partial charge in [0.1, 0.15) is 0 Å². The number of aromatic nitrogens is 2. The first-order valence-corrected chi connectivity index (χ1v) is 5.35. The Hall–Kier alpha value is -2.34. The van der Waals surface area contributed by atoms with E-state index < -0.39 is 0 Å². The molecular weight excluding hydrogens is 232 g/mol. The van der Waals surface area contributed by atoms with Gasteiger partial charge in [0.05, 0.1) is 7.11 Å². The molecule has 1 aromatic carbocycles. The van der Waals surface area contributed by atoms with Crippen molar-refractivity contribution in [3.63, 3.8) is 0 Å². The molecule has 0 unspecified atom stereocenters. The van der Waals surface area contributed by atoms with Crippen LogP contribution in [0.2, 0.25) is 0 Å². The Balaban J connectivity index is 2.33. The molecule has 94 valence electrons. The average Bonchev–Trinajstić information content (AvgIpc) is 2.42. The third kappa shape index (κ3) is 2.49.